The summed E-state index contributed by atoms with van der Waals surface area (Å²) < 4.78 is 5.18. The number of anilines is 1. The Kier molecular flexibility index (Phi) is 1.35. The van der Waals surface area contributed by atoms with Gasteiger partial charge in [0.1, 0.15) is 11.5 Å². The summed E-state index contributed by atoms with van der Waals surface area (Å²) in [4.78, 5) is 0. The first-order valence-corrected chi connectivity index (χ1v) is 3.41. The molecule has 1 heterocycles. The third-order valence-electron chi connectivity index (χ3n) is 1.55. The van der Waals surface area contributed by atoms with Crippen molar-refractivity contribution >= 4 is 5.69 Å². The molecular formula is C8H8NO2. The van der Waals surface area contributed by atoms with Crippen LogP contribution in [0, 0.1) is 6.61 Å². The van der Waals surface area contributed by atoms with Gasteiger partial charge in [-0.15, -0.1) is 0 Å². The molecule has 1 aromatic rings. The molecule has 1 aromatic carbocycles. The minimum atomic E-state index is 0.252. The lowest BCUT2D eigenvalue weighted by Gasteiger charge is -2.17. The second kappa shape index (κ2) is 2.34. The van der Waals surface area contributed by atoms with Crippen LogP contribution in [0.25, 0.3) is 0 Å². The first-order chi connectivity index (χ1) is 5.36. The van der Waals surface area contributed by atoms with E-state index >= 15 is 0 Å². The number of phenolic OH excluding ortho intramolecular Hbond substituents is 1. The number of hydrogen-bond acceptors (Lipinski definition) is 3. The highest BCUT2D eigenvalue weighted by atomic mass is 16.5. The number of hydrogen-bond donors (Lipinski definition) is 2. The number of rotatable bonds is 0. The number of aromatic hydroxyl groups is 1. The number of nitrogens with one attached hydrogen (secondary N) is 1. The van der Waals surface area contributed by atoms with Crippen LogP contribution >= 0.6 is 0 Å². The Bertz CT molecular complexity index is 273. The maximum absolute atomic E-state index is 9.08. The molecule has 3 nitrogen and oxygen atoms in total. The highest BCUT2D eigenvalue weighted by Gasteiger charge is 2.08. The highest BCUT2D eigenvalue weighted by Crippen LogP contribution is 2.30. The van der Waals surface area contributed by atoms with Gasteiger partial charge < -0.3 is 15.2 Å². The van der Waals surface area contributed by atoms with Crippen molar-refractivity contribution in [1.29, 1.82) is 0 Å². The summed E-state index contributed by atoms with van der Waals surface area (Å²) in [6.45, 7) is 2.36. The van der Waals surface area contributed by atoms with Gasteiger partial charge in [0.2, 0.25) is 0 Å². The molecule has 0 unspecified atom stereocenters. The molecule has 2 N–H and O–H groups in total. The van der Waals surface area contributed by atoms with Gasteiger partial charge in [0.25, 0.3) is 0 Å². The van der Waals surface area contributed by atoms with Crippen molar-refractivity contribution in [2.75, 3.05) is 11.9 Å². The molecule has 1 aliphatic rings. The molecule has 57 valence electrons. The van der Waals surface area contributed by atoms with E-state index < -0.39 is 0 Å². The van der Waals surface area contributed by atoms with Gasteiger partial charge in [-0.05, 0) is 12.1 Å². The van der Waals surface area contributed by atoms with E-state index in [-0.39, 0.29) is 5.75 Å². The fraction of sp³-hybridized carbons (Fsp3) is 0.125. The molecule has 0 spiro atoms. The largest absolute Gasteiger partial charge is 0.508 e. The molecule has 0 saturated heterocycles. The van der Waals surface area contributed by atoms with E-state index in [1.165, 1.54) is 0 Å². The molecule has 0 aliphatic carbocycles. The van der Waals surface area contributed by atoms with E-state index in [1.807, 2.05) is 0 Å². The molecule has 1 aliphatic heterocycles. The smallest absolute Gasteiger partial charge is 0.154 e. The quantitative estimate of drug-likeness (QED) is 0.586. The predicted octanol–water partition coefficient (Wildman–Crippen LogP) is 1.36. The average molecular weight is 150 g/mol. The highest BCUT2D eigenvalue weighted by molar-refractivity contribution is 5.60. The number of benzene rings is 1. The Labute approximate surface area is 64.6 Å². The lowest BCUT2D eigenvalue weighted by Crippen LogP contribution is -2.12. The molecular weight excluding hydrogens is 142 g/mol. The molecule has 2 rings (SSSR count). The zero-order valence-corrected chi connectivity index (χ0v) is 5.87. The standard InChI is InChI=1S/C8H8NO2/c10-6-1-2-8-7(5-6)9-3-4-11-8/h1-2,4-5,9-10H,3H2. The summed E-state index contributed by atoms with van der Waals surface area (Å²) in [5.74, 6) is 1.01. The van der Waals surface area contributed by atoms with Crippen molar-refractivity contribution in [2.24, 2.45) is 0 Å². The fourth-order valence-electron chi connectivity index (χ4n) is 1.04. The first-order valence-electron chi connectivity index (χ1n) is 3.41. The van der Waals surface area contributed by atoms with Crippen LogP contribution in [0.3, 0.4) is 0 Å². The second-order valence-corrected chi connectivity index (χ2v) is 2.35. The molecule has 0 aromatic heterocycles. The molecule has 0 amide bonds. The minimum absolute atomic E-state index is 0.252. The van der Waals surface area contributed by atoms with Crippen LogP contribution in [0.1, 0.15) is 0 Å². The maximum atomic E-state index is 9.08. The summed E-state index contributed by atoms with van der Waals surface area (Å²) in [6, 6.07) is 4.97. The fourth-order valence-corrected chi connectivity index (χ4v) is 1.04. The Morgan fingerprint density at radius 3 is 3.27 bits per heavy atom. The second-order valence-electron chi connectivity index (χ2n) is 2.35. The van der Waals surface area contributed by atoms with E-state index in [4.69, 9.17) is 9.84 Å². The van der Waals surface area contributed by atoms with Crippen LogP contribution in [0.5, 0.6) is 11.5 Å². The first kappa shape index (κ1) is 6.34. The van der Waals surface area contributed by atoms with Gasteiger partial charge in [0.05, 0.1) is 12.2 Å². The molecule has 0 bridgehead atoms. The molecule has 11 heavy (non-hydrogen) atoms. The number of phenols is 1. The number of fused-ring (bicyclic) bond motifs is 1. The van der Waals surface area contributed by atoms with Gasteiger partial charge in [-0.2, -0.15) is 0 Å². The van der Waals surface area contributed by atoms with Crippen LogP contribution in [-0.2, 0) is 0 Å². The van der Waals surface area contributed by atoms with E-state index in [0.29, 0.717) is 6.54 Å². The SMILES string of the molecule is Oc1ccc2c(c1)NC[CH]O2. The van der Waals surface area contributed by atoms with Crippen molar-refractivity contribution in [3.05, 3.63) is 24.8 Å². The Morgan fingerprint density at radius 2 is 2.36 bits per heavy atom. The van der Waals surface area contributed by atoms with Crippen LogP contribution in [0.2, 0.25) is 0 Å². The summed E-state index contributed by atoms with van der Waals surface area (Å²) >= 11 is 0. The van der Waals surface area contributed by atoms with E-state index in [9.17, 15) is 0 Å². The lowest BCUT2D eigenvalue weighted by atomic mass is 10.2. The Morgan fingerprint density at radius 1 is 1.45 bits per heavy atom. The molecule has 3 heteroatoms. The molecule has 0 saturated carbocycles. The topological polar surface area (TPSA) is 41.5 Å². The molecule has 0 atom stereocenters. The van der Waals surface area contributed by atoms with Gasteiger partial charge in [-0.25, -0.2) is 0 Å². The minimum Gasteiger partial charge on any atom is -0.508 e. The summed E-state index contributed by atoms with van der Waals surface area (Å²) in [5, 5.41) is 12.1. The lowest BCUT2D eigenvalue weighted by molar-refractivity contribution is 0.398. The third kappa shape index (κ3) is 1.09. The van der Waals surface area contributed by atoms with Crippen LogP contribution in [0.4, 0.5) is 5.69 Å². The van der Waals surface area contributed by atoms with Crippen LogP contribution in [0.15, 0.2) is 18.2 Å². The van der Waals surface area contributed by atoms with Crippen molar-refractivity contribution in [2.45, 2.75) is 0 Å². The van der Waals surface area contributed by atoms with Gasteiger partial charge in [0.15, 0.2) is 6.61 Å². The average Bonchev–Trinajstić information content (AvgIpc) is 2.04. The van der Waals surface area contributed by atoms with Gasteiger partial charge in [0, 0.05) is 6.07 Å². The van der Waals surface area contributed by atoms with Crippen molar-refractivity contribution in [3.63, 3.8) is 0 Å². The predicted molar refractivity (Wildman–Crippen MR) is 41.5 cm³/mol. The summed E-state index contributed by atoms with van der Waals surface area (Å²) in [5.41, 5.74) is 0.840. The number of ether oxygens (including phenoxy) is 1. The zero-order chi connectivity index (χ0) is 7.68. The Hall–Kier alpha value is -1.38. The summed E-state index contributed by atoms with van der Waals surface area (Å²) in [7, 11) is 0. The van der Waals surface area contributed by atoms with Crippen molar-refractivity contribution < 1.29 is 9.84 Å². The van der Waals surface area contributed by atoms with Crippen LogP contribution < -0.4 is 10.1 Å². The zero-order valence-electron chi connectivity index (χ0n) is 5.87. The van der Waals surface area contributed by atoms with E-state index in [1.54, 1.807) is 24.8 Å². The summed E-state index contributed by atoms with van der Waals surface area (Å²) in [6.07, 6.45) is 0. The van der Waals surface area contributed by atoms with Gasteiger partial charge in [-0.1, -0.05) is 0 Å². The van der Waals surface area contributed by atoms with E-state index in [2.05, 4.69) is 5.32 Å². The van der Waals surface area contributed by atoms with E-state index in [0.717, 1.165) is 11.4 Å². The van der Waals surface area contributed by atoms with Crippen molar-refractivity contribution in [1.82, 2.24) is 0 Å². The monoisotopic (exact) mass is 150 g/mol. The Balaban J connectivity index is 2.43. The van der Waals surface area contributed by atoms with Gasteiger partial charge >= 0.3 is 0 Å². The maximum Gasteiger partial charge on any atom is 0.154 e. The van der Waals surface area contributed by atoms with Gasteiger partial charge in [-0.3, -0.25) is 0 Å². The third-order valence-corrected chi connectivity index (χ3v) is 1.55. The normalized spacial score (nSPS) is 14.5. The van der Waals surface area contributed by atoms with Crippen molar-refractivity contribution in [3.8, 4) is 11.5 Å². The molecule has 0 fully saturated rings. The molecule has 1 radical (unpaired) electrons. The van der Waals surface area contributed by atoms with Crippen LogP contribution in [-0.4, -0.2) is 11.7 Å².